The molecule has 2 aromatic rings. The predicted octanol–water partition coefficient (Wildman–Crippen LogP) is 2.64. The van der Waals surface area contributed by atoms with Gasteiger partial charge in [0, 0.05) is 38.4 Å². The molecule has 0 radical (unpaired) electrons. The second-order valence-electron chi connectivity index (χ2n) is 8.03. The van der Waals surface area contributed by atoms with Crippen molar-refractivity contribution in [2.75, 3.05) is 57.4 Å². The molecule has 160 valence electrons. The molecule has 2 aromatic carbocycles. The predicted molar refractivity (Wildman–Crippen MR) is 119 cm³/mol. The van der Waals surface area contributed by atoms with Gasteiger partial charge in [0.1, 0.15) is 13.2 Å². The van der Waals surface area contributed by atoms with E-state index in [1.165, 1.54) is 11.3 Å². The van der Waals surface area contributed by atoms with Gasteiger partial charge in [-0.25, -0.2) is 0 Å². The molecule has 1 N–H and O–H groups in total. The number of piperazine rings is 1. The topological polar surface area (TPSA) is 54.0 Å². The van der Waals surface area contributed by atoms with Crippen LogP contribution in [-0.4, -0.2) is 63.3 Å². The fourth-order valence-electron chi connectivity index (χ4n) is 4.03. The zero-order chi connectivity index (χ0) is 20.8. The normalized spacial score (nSPS) is 16.4. The van der Waals surface area contributed by atoms with Crippen molar-refractivity contribution in [2.45, 2.75) is 19.8 Å². The lowest BCUT2D eigenvalue weighted by molar-refractivity contribution is -0.120. The molecule has 0 bridgehead atoms. The summed E-state index contributed by atoms with van der Waals surface area (Å²) in [6.07, 6.45) is 1.34. The molecule has 1 saturated heterocycles. The molecule has 0 spiro atoms. The van der Waals surface area contributed by atoms with Gasteiger partial charge in [0.05, 0.1) is 6.42 Å². The Morgan fingerprint density at radius 2 is 1.80 bits per heavy atom. The summed E-state index contributed by atoms with van der Waals surface area (Å²) in [5.74, 6) is 1.54. The number of aryl methyl sites for hydroxylation is 1. The second-order valence-corrected chi connectivity index (χ2v) is 8.03. The maximum absolute atomic E-state index is 12.3. The maximum Gasteiger partial charge on any atom is 0.224 e. The van der Waals surface area contributed by atoms with Crippen LogP contribution in [0.1, 0.15) is 17.5 Å². The van der Waals surface area contributed by atoms with Crippen molar-refractivity contribution in [3.63, 3.8) is 0 Å². The first kappa shape index (κ1) is 20.5. The fourth-order valence-corrected chi connectivity index (χ4v) is 4.03. The van der Waals surface area contributed by atoms with E-state index < -0.39 is 0 Å². The molecule has 6 nitrogen and oxygen atoms in total. The average Bonchev–Trinajstić information content (AvgIpc) is 2.77. The summed E-state index contributed by atoms with van der Waals surface area (Å²) in [5.41, 5.74) is 3.58. The first-order valence-corrected chi connectivity index (χ1v) is 10.9. The van der Waals surface area contributed by atoms with Crippen LogP contribution in [0.4, 0.5) is 5.69 Å². The minimum atomic E-state index is 0.0518. The van der Waals surface area contributed by atoms with Crippen LogP contribution >= 0.6 is 0 Å². The van der Waals surface area contributed by atoms with Crippen molar-refractivity contribution >= 4 is 11.6 Å². The average molecular weight is 410 g/mol. The molecule has 6 heteroatoms. The highest BCUT2D eigenvalue weighted by Gasteiger charge is 2.17. The lowest BCUT2D eigenvalue weighted by Crippen LogP contribution is -2.47. The van der Waals surface area contributed by atoms with Crippen molar-refractivity contribution in [2.24, 2.45) is 0 Å². The standard InChI is InChI=1S/C24H31N3O3/c1-19-4-2-5-21(16-19)27-12-10-26(11-13-27)9-3-8-25-24(28)18-20-6-7-22-23(17-20)30-15-14-29-22/h2,4-7,16-17H,3,8-15,18H2,1H3,(H,25,28). The zero-order valence-corrected chi connectivity index (χ0v) is 17.7. The van der Waals surface area contributed by atoms with Crippen molar-refractivity contribution in [3.8, 4) is 11.5 Å². The molecule has 2 aliphatic rings. The smallest absolute Gasteiger partial charge is 0.224 e. The van der Waals surface area contributed by atoms with E-state index in [1.54, 1.807) is 0 Å². The van der Waals surface area contributed by atoms with E-state index in [9.17, 15) is 4.79 Å². The molecule has 4 rings (SSSR count). The third kappa shape index (κ3) is 5.45. The molecule has 30 heavy (non-hydrogen) atoms. The lowest BCUT2D eigenvalue weighted by atomic mass is 10.1. The van der Waals surface area contributed by atoms with Crippen molar-refractivity contribution < 1.29 is 14.3 Å². The quantitative estimate of drug-likeness (QED) is 0.713. The minimum absolute atomic E-state index is 0.0518. The number of fused-ring (bicyclic) bond motifs is 1. The number of nitrogens with zero attached hydrogens (tertiary/aromatic N) is 2. The van der Waals surface area contributed by atoms with Crippen LogP contribution in [0.5, 0.6) is 11.5 Å². The number of benzene rings is 2. The van der Waals surface area contributed by atoms with Crippen molar-refractivity contribution in [1.82, 2.24) is 10.2 Å². The molecule has 0 atom stereocenters. The summed E-state index contributed by atoms with van der Waals surface area (Å²) >= 11 is 0. The Labute approximate surface area is 178 Å². The second kappa shape index (κ2) is 9.85. The van der Waals surface area contributed by atoms with Gasteiger partial charge in [-0.05, 0) is 55.3 Å². The minimum Gasteiger partial charge on any atom is -0.486 e. The molecule has 1 amide bonds. The van der Waals surface area contributed by atoms with Gasteiger partial charge in [-0.15, -0.1) is 0 Å². The molecule has 1 fully saturated rings. The summed E-state index contributed by atoms with van der Waals surface area (Å²) in [6.45, 7) is 9.25. The first-order chi connectivity index (χ1) is 14.7. The summed E-state index contributed by atoms with van der Waals surface area (Å²) in [7, 11) is 0. The molecule has 0 unspecified atom stereocenters. The van der Waals surface area contributed by atoms with Gasteiger partial charge in [-0.1, -0.05) is 18.2 Å². The van der Waals surface area contributed by atoms with Crippen molar-refractivity contribution in [3.05, 3.63) is 53.6 Å². The van der Waals surface area contributed by atoms with Crippen LogP contribution < -0.4 is 19.7 Å². The third-order valence-corrected chi connectivity index (χ3v) is 5.68. The lowest BCUT2D eigenvalue weighted by Gasteiger charge is -2.36. The van der Waals surface area contributed by atoms with Gasteiger partial charge >= 0.3 is 0 Å². The number of carbonyl (C=O) groups excluding carboxylic acids is 1. The number of amides is 1. The Morgan fingerprint density at radius 3 is 2.60 bits per heavy atom. The number of hydrogen-bond acceptors (Lipinski definition) is 5. The largest absolute Gasteiger partial charge is 0.486 e. The van der Waals surface area contributed by atoms with Gasteiger partial charge in [0.2, 0.25) is 5.91 Å². The molecule has 0 saturated carbocycles. The Kier molecular flexibility index (Phi) is 6.74. The molecular weight excluding hydrogens is 378 g/mol. The molecule has 2 heterocycles. The van der Waals surface area contributed by atoms with Crippen LogP contribution in [0.3, 0.4) is 0 Å². The Hall–Kier alpha value is -2.73. The van der Waals surface area contributed by atoms with Crippen LogP contribution in [0.15, 0.2) is 42.5 Å². The number of ether oxygens (including phenoxy) is 2. The van der Waals surface area contributed by atoms with Crippen LogP contribution in [0, 0.1) is 6.92 Å². The van der Waals surface area contributed by atoms with Gasteiger partial charge in [-0.2, -0.15) is 0 Å². The van der Waals surface area contributed by atoms with E-state index in [0.717, 1.165) is 56.2 Å². The van der Waals surface area contributed by atoms with Gasteiger partial charge in [-0.3, -0.25) is 9.69 Å². The summed E-state index contributed by atoms with van der Waals surface area (Å²) in [4.78, 5) is 17.2. The number of anilines is 1. The third-order valence-electron chi connectivity index (χ3n) is 5.68. The van der Waals surface area contributed by atoms with Gasteiger partial charge in [0.15, 0.2) is 11.5 Å². The summed E-state index contributed by atoms with van der Waals surface area (Å²) in [6, 6.07) is 14.4. The number of hydrogen-bond donors (Lipinski definition) is 1. The number of rotatable bonds is 7. The highest BCUT2D eigenvalue weighted by molar-refractivity contribution is 5.78. The Balaban J connectivity index is 1.13. The van der Waals surface area contributed by atoms with Crippen LogP contribution in [-0.2, 0) is 11.2 Å². The Morgan fingerprint density at radius 1 is 1.00 bits per heavy atom. The van der Waals surface area contributed by atoms with E-state index in [1.807, 2.05) is 18.2 Å². The van der Waals surface area contributed by atoms with E-state index >= 15 is 0 Å². The van der Waals surface area contributed by atoms with E-state index in [-0.39, 0.29) is 5.91 Å². The SMILES string of the molecule is Cc1cccc(N2CCN(CCCNC(=O)Cc3ccc4c(c3)OCCO4)CC2)c1. The zero-order valence-electron chi connectivity index (χ0n) is 17.7. The van der Waals surface area contributed by atoms with E-state index in [4.69, 9.17) is 9.47 Å². The maximum atomic E-state index is 12.3. The Bertz CT molecular complexity index is 863. The van der Waals surface area contributed by atoms with Crippen molar-refractivity contribution in [1.29, 1.82) is 0 Å². The van der Waals surface area contributed by atoms with E-state index in [2.05, 4.69) is 46.3 Å². The monoisotopic (exact) mass is 409 g/mol. The van der Waals surface area contributed by atoms with Crippen LogP contribution in [0.2, 0.25) is 0 Å². The van der Waals surface area contributed by atoms with Gasteiger partial charge in [0.25, 0.3) is 0 Å². The highest BCUT2D eigenvalue weighted by atomic mass is 16.6. The number of carbonyl (C=O) groups is 1. The van der Waals surface area contributed by atoms with E-state index in [0.29, 0.717) is 26.2 Å². The summed E-state index contributed by atoms with van der Waals surface area (Å²) < 4.78 is 11.1. The molecular formula is C24H31N3O3. The number of nitrogens with one attached hydrogen (secondary N) is 1. The van der Waals surface area contributed by atoms with Crippen LogP contribution in [0.25, 0.3) is 0 Å². The van der Waals surface area contributed by atoms with Gasteiger partial charge < -0.3 is 19.7 Å². The molecule has 2 aliphatic heterocycles. The molecule has 0 aliphatic carbocycles. The first-order valence-electron chi connectivity index (χ1n) is 10.9. The highest BCUT2D eigenvalue weighted by Crippen LogP contribution is 2.30. The fraction of sp³-hybridized carbons (Fsp3) is 0.458. The summed E-state index contributed by atoms with van der Waals surface area (Å²) in [5, 5.41) is 3.04. The molecule has 0 aromatic heterocycles.